The van der Waals surface area contributed by atoms with E-state index in [1.165, 1.54) is 30.0 Å². The van der Waals surface area contributed by atoms with E-state index in [2.05, 4.69) is 30.7 Å². The molecule has 1 aliphatic heterocycles. The lowest BCUT2D eigenvalue weighted by molar-refractivity contribution is -0.138. The first-order valence-electron chi connectivity index (χ1n) is 13.0. The summed E-state index contributed by atoms with van der Waals surface area (Å²) in [6.07, 6.45) is -3.39. The Hall–Kier alpha value is -3.69. The van der Waals surface area contributed by atoms with Crippen LogP contribution in [0.2, 0.25) is 0 Å². The van der Waals surface area contributed by atoms with Gasteiger partial charge in [-0.3, -0.25) is 24.0 Å². The van der Waals surface area contributed by atoms with Crippen LogP contribution < -0.4 is 20.2 Å². The van der Waals surface area contributed by atoms with Crippen LogP contribution in [0.5, 0.6) is 5.75 Å². The second-order valence-corrected chi connectivity index (χ2v) is 11.8. The Bertz CT molecular complexity index is 1490. The fraction of sp³-hybridized carbons (Fsp3) is 0.480. The molecule has 5 N–H and O–H groups in total. The summed E-state index contributed by atoms with van der Waals surface area (Å²) < 4.78 is 47.7. The molecule has 15 nitrogen and oxygen atoms in total. The topological polar surface area (TPSA) is 199 Å². The normalized spacial score (nSPS) is 24.3. The predicted molar refractivity (Wildman–Crippen MR) is 149 cm³/mol. The maximum Gasteiger partial charge on any atom is 0.459 e. The third-order valence-corrected chi connectivity index (χ3v) is 8.13. The maximum atomic E-state index is 16.1. The highest BCUT2D eigenvalue weighted by Crippen LogP contribution is 2.48. The molecule has 3 heterocycles. The molecule has 3 aromatic rings. The summed E-state index contributed by atoms with van der Waals surface area (Å²) in [5, 5.41) is 28.0. The number of carboxylic acids is 1. The molecule has 0 aliphatic carbocycles. The molecule has 1 amide bonds. The van der Waals surface area contributed by atoms with Crippen molar-refractivity contribution in [2.45, 2.75) is 57.8 Å². The summed E-state index contributed by atoms with van der Waals surface area (Å²) in [4.78, 5) is 36.5. The summed E-state index contributed by atoms with van der Waals surface area (Å²) in [7, 11) is -2.77. The van der Waals surface area contributed by atoms with Gasteiger partial charge in [-0.2, -0.15) is 15.1 Å². The molecule has 1 saturated heterocycles. The number of hydrogen-bond donors (Lipinski definition) is 5. The minimum Gasteiger partial charge on any atom is -0.480 e. The van der Waals surface area contributed by atoms with Crippen molar-refractivity contribution in [1.29, 1.82) is 0 Å². The standard InChI is InChI=1S/C25H33FN7O8P/c1-13(2)21(35)31-24-29-19(27-5)17-20(30-24)33(12-28-17)23-25(4,26)18(34)16(40-23)11-39-42(38,32-14(3)22(36)37)41-15-9-7-6-8-10-15/h6-10,12-14,16,18,23,34H,11H2,1-5H3,(H,32,38)(H,36,37)(H2,27,29,30,31,35)/t14-,16+,18+,23+,25+,42?/m0/s1. The number of ether oxygens (including phenoxy) is 1. The molecule has 4 rings (SSSR count). The number of nitrogens with zero attached hydrogens (tertiary/aromatic N) is 4. The van der Waals surface area contributed by atoms with Gasteiger partial charge in [-0.1, -0.05) is 32.0 Å². The maximum absolute atomic E-state index is 16.1. The van der Waals surface area contributed by atoms with Crippen LogP contribution in [-0.2, 0) is 23.4 Å². The number of aliphatic hydroxyl groups excluding tert-OH is 1. The van der Waals surface area contributed by atoms with Crippen molar-refractivity contribution in [3.05, 3.63) is 36.7 Å². The monoisotopic (exact) mass is 609 g/mol. The smallest absolute Gasteiger partial charge is 0.459 e. The van der Waals surface area contributed by atoms with Gasteiger partial charge in [0, 0.05) is 13.0 Å². The van der Waals surface area contributed by atoms with Crippen LogP contribution in [0.25, 0.3) is 11.2 Å². The van der Waals surface area contributed by atoms with E-state index >= 15 is 4.39 Å². The van der Waals surface area contributed by atoms with Gasteiger partial charge in [0.15, 0.2) is 28.9 Å². The van der Waals surface area contributed by atoms with Crippen molar-refractivity contribution in [3.63, 3.8) is 0 Å². The first-order valence-corrected chi connectivity index (χ1v) is 14.6. The van der Waals surface area contributed by atoms with E-state index < -0.39 is 50.5 Å². The summed E-state index contributed by atoms with van der Waals surface area (Å²) in [6, 6.07) is 6.56. The molecule has 42 heavy (non-hydrogen) atoms. The third kappa shape index (κ3) is 6.52. The van der Waals surface area contributed by atoms with Crippen LogP contribution in [0.15, 0.2) is 36.7 Å². The highest BCUT2D eigenvalue weighted by atomic mass is 31.2. The van der Waals surface area contributed by atoms with E-state index in [-0.39, 0.29) is 40.5 Å². The summed E-state index contributed by atoms with van der Waals surface area (Å²) in [5.74, 6) is -1.68. The minimum atomic E-state index is -4.36. The van der Waals surface area contributed by atoms with Gasteiger partial charge in [0.25, 0.3) is 0 Å². The number of para-hydroxylation sites is 1. The number of hydrogen-bond acceptors (Lipinski definition) is 11. The Morgan fingerprint density at radius 2 is 1.93 bits per heavy atom. The lowest BCUT2D eigenvalue weighted by Crippen LogP contribution is -2.41. The zero-order valence-corrected chi connectivity index (χ0v) is 24.4. The first kappa shape index (κ1) is 31.3. The largest absolute Gasteiger partial charge is 0.480 e. The SMILES string of the molecule is CNc1nc(NC(=O)C(C)C)nc2c1ncn2[C@@H]1O[C@H](COP(=O)(N[C@@H](C)C(=O)O)Oc2ccccc2)[C@@H](O)[C@@]1(C)F. The van der Waals surface area contributed by atoms with Crippen LogP contribution in [0.4, 0.5) is 16.2 Å². The Kier molecular flexibility index (Phi) is 9.13. The molecule has 0 radical (unpaired) electrons. The summed E-state index contributed by atoms with van der Waals surface area (Å²) in [5.41, 5.74) is -2.08. The van der Waals surface area contributed by atoms with Gasteiger partial charge in [-0.15, -0.1) is 0 Å². The number of carbonyl (C=O) groups is 2. The molecule has 1 fully saturated rings. The number of rotatable bonds is 12. The third-order valence-electron chi connectivity index (χ3n) is 6.49. The molecule has 1 unspecified atom stereocenters. The zero-order valence-electron chi connectivity index (χ0n) is 23.5. The molecule has 0 spiro atoms. The second-order valence-electron chi connectivity index (χ2n) is 10.1. The number of carbonyl (C=O) groups excluding carboxylic acids is 1. The summed E-state index contributed by atoms with van der Waals surface area (Å²) >= 11 is 0. The molecule has 0 saturated carbocycles. The molecular formula is C25H33FN7O8P. The van der Waals surface area contributed by atoms with Crippen molar-refractivity contribution in [1.82, 2.24) is 24.6 Å². The highest BCUT2D eigenvalue weighted by Gasteiger charge is 2.56. The van der Waals surface area contributed by atoms with E-state index in [1.807, 2.05) is 0 Å². The zero-order chi connectivity index (χ0) is 30.8. The number of imidazole rings is 1. The average molecular weight is 610 g/mol. The number of anilines is 2. The fourth-order valence-electron chi connectivity index (χ4n) is 4.10. The molecule has 1 aromatic carbocycles. The van der Waals surface area contributed by atoms with Crippen LogP contribution in [0, 0.1) is 5.92 Å². The second kappa shape index (κ2) is 12.3. The number of benzene rings is 1. The van der Waals surface area contributed by atoms with E-state index in [4.69, 9.17) is 13.8 Å². The van der Waals surface area contributed by atoms with Gasteiger partial charge in [0.2, 0.25) is 11.9 Å². The molecular weight excluding hydrogens is 576 g/mol. The van der Waals surface area contributed by atoms with Crippen LogP contribution >= 0.6 is 7.75 Å². The lowest BCUT2D eigenvalue weighted by atomic mass is 9.98. The first-order chi connectivity index (χ1) is 19.8. The van der Waals surface area contributed by atoms with E-state index in [0.29, 0.717) is 0 Å². The van der Waals surface area contributed by atoms with Crippen molar-refractivity contribution in [2.24, 2.45) is 5.92 Å². The Balaban J connectivity index is 1.60. The number of amides is 1. The molecule has 1 aliphatic rings. The number of aliphatic hydroxyl groups is 1. The Labute approximate surface area is 240 Å². The summed E-state index contributed by atoms with van der Waals surface area (Å²) in [6.45, 7) is 5.11. The van der Waals surface area contributed by atoms with E-state index in [9.17, 15) is 24.4 Å². The highest BCUT2D eigenvalue weighted by molar-refractivity contribution is 7.52. The van der Waals surface area contributed by atoms with Gasteiger partial charge in [0.05, 0.1) is 12.9 Å². The van der Waals surface area contributed by atoms with Crippen LogP contribution in [0.3, 0.4) is 0 Å². The Morgan fingerprint density at radius 3 is 2.55 bits per heavy atom. The minimum absolute atomic E-state index is 0.0519. The number of carboxylic acid groups (broad SMARTS) is 1. The number of halogens is 1. The molecule has 0 bridgehead atoms. The van der Waals surface area contributed by atoms with Gasteiger partial charge in [-0.25, -0.2) is 13.9 Å². The predicted octanol–water partition coefficient (Wildman–Crippen LogP) is 2.72. The van der Waals surface area contributed by atoms with Crippen LogP contribution in [-0.4, -0.2) is 79.2 Å². The quantitative estimate of drug-likeness (QED) is 0.188. The van der Waals surface area contributed by atoms with Gasteiger partial charge in [-0.05, 0) is 26.0 Å². The number of aromatic nitrogens is 4. The van der Waals surface area contributed by atoms with E-state index in [0.717, 1.165) is 6.92 Å². The van der Waals surface area contributed by atoms with Crippen molar-refractivity contribution in [3.8, 4) is 5.75 Å². The Morgan fingerprint density at radius 1 is 1.24 bits per heavy atom. The van der Waals surface area contributed by atoms with Crippen molar-refractivity contribution >= 4 is 42.6 Å². The van der Waals surface area contributed by atoms with Gasteiger partial charge >= 0.3 is 13.7 Å². The average Bonchev–Trinajstić information content (AvgIpc) is 3.45. The number of nitrogens with one attached hydrogen (secondary N) is 3. The molecule has 6 atom stereocenters. The number of fused-ring (bicyclic) bond motifs is 1. The lowest BCUT2D eigenvalue weighted by Gasteiger charge is -2.25. The molecule has 228 valence electrons. The van der Waals surface area contributed by atoms with Crippen molar-refractivity contribution < 1.29 is 42.5 Å². The van der Waals surface area contributed by atoms with Crippen LogP contribution in [0.1, 0.15) is 33.9 Å². The van der Waals surface area contributed by atoms with E-state index in [1.54, 1.807) is 39.1 Å². The molecule has 2 aromatic heterocycles. The fourth-order valence-corrected chi connectivity index (χ4v) is 5.60. The molecule has 17 heteroatoms. The van der Waals surface area contributed by atoms with Gasteiger partial charge < -0.3 is 24.8 Å². The number of alkyl halides is 1. The number of aliphatic carboxylic acids is 1. The van der Waals surface area contributed by atoms with Crippen molar-refractivity contribution in [2.75, 3.05) is 24.3 Å². The van der Waals surface area contributed by atoms with Gasteiger partial charge in [0.1, 0.15) is 24.0 Å².